The molecule has 1 aliphatic heterocycles. The normalized spacial score (nSPS) is 15.8. The first-order valence-electron chi connectivity index (χ1n) is 7.64. The molecule has 3 aromatic rings. The molecule has 0 amide bonds. The van der Waals surface area contributed by atoms with Gasteiger partial charge in [-0.05, 0) is 30.3 Å². The van der Waals surface area contributed by atoms with Crippen LogP contribution in [0, 0.1) is 11.6 Å². The fourth-order valence-corrected chi connectivity index (χ4v) is 4.22. The molecule has 0 spiro atoms. The van der Waals surface area contributed by atoms with E-state index in [9.17, 15) is 17.2 Å². The van der Waals surface area contributed by atoms with Gasteiger partial charge in [-0.3, -0.25) is 4.98 Å². The molecule has 0 radical (unpaired) electrons. The van der Waals surface area contributed by atoms with E-state index in [0.29, 0.717) is 17.5 Å². The molecule has 1 fully saturated rings. The largest absolute Gasteiger partial charge is 0.339 e. The average Bonchev–Trinajstić information content (AvgIpc) is 3.06. The molecule has 4 rings (SSSR count). The van der Waals surface area contributed by atoms with Gasteiger partial charge in [-0.15, -0.1) is 0 Å². The van der Waals surface area contributed by atoms with Crippen LogP contribution in [-0.2, 0) is 10.0 Å². The number of hydrogen-bond donors (Lipinski definition) is 0. The summed E-state index contributed by atoms with van der Waals surface area (Å²) >= 11 is 0. The number of sulfonamides is 1. The van der Waals surface area contributed by atoms with Gasteiger partial charge in [-0.25, -0.2) is 17.2 Å². The Morgan fingerprint density at radius 1 is 1.19 bits per heavy atom. The van der Waals surface area contributed by atoms with Crippen molar-refractivity contribution in [3.05, 3.63) is 60.3 Å². The second-order valence-electron chi connectivity index (χ2n) is 5.79. The molecule has 1 saturated heterocycles. The van der Waals surface area contributed by atoms with E-state index in [1.807, 2.05) is 0 Å². The van der Waals surface area contributed by atoms with Crippen molar-refractivity contribution in [2.24, 2.45) is 0 Å². The summed E-state index contributed by atoms with van der Waals surface area (Å²) in [5, 5.41) is 3.86. The maximum atomic E-state index is 13.8. The molecule has 26 heavy (non-hydrogen) atoms. The molecule has 0 aliphatic carbocycles. The summed E-state index contributed by atoms with van der Waals surface area (Å²) in [6.07, 6.45) is 3.20. The highest BCUT2D eigenvalue weighted by atomic mass is 32.2. The van der Waals surface area contributed by atoms with Gasteiger partial charge in [0.05, 0.1) is 5.92 Å². The summed E-state index contributed by atoms with van der Waals surface area (Å²) in [4.78, 5) is 7.53. The van der Waals surface area contributed by atoms with Crippen molar-refractivity contribution in [2.45, 2.75) is 10.8 Å². The fraction of sp³-hybridized carbons (Fsp3) is 0.188. The van der Waals surface area contributed by atoms with E-state index in [1.54, 1.807) is 24.5 Å². The van der Waals surface area contributed by atoms with Gasteiger partial charge < -0.3 is 4.52 Å². The van der Waals surface area contributed by atoms with Crippen molar-refractivity contribution in [1.29, 1.82) is 0 Å². The van der Waals surface area contributed by atoms with Crippen LogP contribution in [0.3, 0.4) is 0 Å². The first-order chi connectivity index (χ1) is 12.4. The maximum absolute atomic E-state index is 13.8. The minimum absolute atomic E-state index is 0.0486. The smallest absolute Gasteiger partial charge is 0.246 e. The average molecular weight is 378 g/mol. The van der Waals surface area contributed by atoms with Gasteiger partial charge in [0, 0.05) is 31.0 Å². The predicted octanol–water partition coefficient (Wildman–Crippen LogP) is 2.20. The summed E-state index contributed by atoms with van der Waals surface area (Å²) in [7, 11) is -4.12. The van der Waals surface area contributed by atoms with E-state index in [2.05, 4.69) is 15.1 Å². The molecule has 2 aromatic heterocycles. The van der Waals surface area contributed by atoms with Crippen LogP contribution in [0.25, 0.3) is 11.4 Å². The second-order valence-corrected chi connectivity index (χ2v) is 7.70. The van der Waals surface area contributed by atoms with Crippen LogP contribution in [-0.4, -0.2) is 40.9 Å². The van der Waals surface area contributed by atoms with Crippen molar-refractivity contribution >= 4 is 10.0 Å². The Labute approximate surface area is 147 Å². The van der Waals surface area contributed by atoms with Gasteiger partial charge in [0.1, 0.15) is 16.5 Å². The van der Waals surface area contributed by atoms with Crippen molar-refractivity contribution in [1.82, 2.24) is 19.4 Å². The number of hydrogen-bond acceptors (Lipinski definition) is 6. The number of halogens is 2. The number of pyridine rings is 1. The molecular weight excluding hydrogens is 366 g/mol. The van der Waals surface area contributed by atoms with E-state index >= 15 is 0 Å². The Morgan fingerprint density at radius 3 is 2.73 bits per heavy atom. The van der Waals surface area contributed by atoms with Crippen LogP contribution in [0.15, 0.2) is 52.1 Å². The molecule has 0 saturated carbocycles. The number of aromatic nitrogens is 3. The van der Waals surface area contributed by atoms with Crippen molar-refractivity contribution in [3.8, 4) is 11.4 Å². The molecule has 3 heterocycles. The summed E-state index contributed by atoms with van der Waals surface area (Å²) < 4.78 is 58.2. The standard InChI is InChI=1S/C16H12F2N4O3S/c17-12-3-4-13(18)14(6-12)26(23,24)22-8-11(9-22)16-20-15(21-25-16)10-2-1-5-19-7-10/h1-7,11H,8-9H2. The summed E-state index contributed by atoms with van der Waals surface area (Å²) in [5.41, 5.74) is 0.674. The Balaban J connectivity index is 1.50. The Kier molecular flexibility index (Phi) is 4.00. The lowest BCUT2D eigenvalue weighted by molar-refractivity contribution is 0.216. The van der Waals surface area contributed by atoms with Crippen molar-refractivity contribution in [2.75, 3.05) is 13.1 Å². The molecule has 1 aromatic carbocycles. The van der Waals surface area contributed by atoms with E-state index in [0.717, 1.165) is 16.4 Å². The van der Waals surface area contributed by atoms with Crippen LogP contribution in [0.4, 0.5) is 8.78 Å². The van der Waals surface area contributed by atoms with Crippen LogP contribution in [0.1, 0.15) is 11.8 Å². The topological polar surface area (TPSA) is 89.2 Å². The molecule has 0 atom stereocenters. The summed E-state index contributed by atoms with van der Waals surface area (Å²) in [5.74, 6) is -1.48. The van der Waals surface area contributed by atoms with Gasteiger partial charge in [0.2, 0.25) is 21.7 Å². The van der Waals surface area contributed by atoms with Crippen LogP contribution < -0.4 is 0 Å². The first kappa shape index (κ1) is 16.7. The summed E-state index contributed by atoms with van der Waals surface area (Å²) in [6, 6.07) is 5.83. The zero-order valence-electron chi connectivity index (χ0n) is 13.2. The van der Waals surface area contributed by atoms with Crippen LogP contribution in [0.5, 0.6) is 0 Å². The zero-order valence-corrected chi connectivity index (χ0v) is 14.0. The molecular formula is C16H12F2N4O3S. The van der Waals surface area contributed by atoms with E-state index < -0.39 is 26.6 Å². The highest BCUT2D eigenvalue weighted by molar-refractivity contribution is 7.89. The van der Waals surface area contributed by atoms with Gasteiger partial charge >= 0.3 is 0 Å². The van der Waals surface area contributed by atoms with Gasteiger partial charge in [0.25, 0.3) is 0 Å². The minimum atomic E-state index is -4.12. The highest BCUT2D eigenvalue weighted by Crippen LogP contribution is 2.33. The quantitative estimate of drug-likeness (QED) is 0.691. The van der Waals surface area contributed by atoms with E-state index in [-0.39, 0.29) is 24.9 Å². The lowest BCUT2D eigenvalue weighted by Crippen LogP contribution is -2.48. The second kappa shape index (κ2) is 6.22. The third-order valence-electron chi connectivity index (χ3n) is 4.07. The molecule has 0 unspecified atom stereocenters. The molecule has 0 bridgehead atoms. The van der Waals surface area contributed by atoms with Crippen molar-refractivity contribution < 1.29 is 21.7 Å². The van der Waals surface area contributed by atoms with Gasteiger partial charge in [-0.1, -0.05) is 5.16 Å². The monoisotopic (exact) mass is 378 g/mol. The van der Waals surface area contributed by atoms with E-state index in [4.69, 9.17) is 4.52 Å². The first-order valence-corrected chi connectivity index (χ1v) is 9.08. The highest BCUT2D eigenvalue weighted by Gasteiger charge is 2.41. The number of benzene rings is 1. The molecule has 134 valence electrons. The third-order valence-corrected chi connectivity index (χ3v) is 5.92. The number of nitrogens with zero attached hydrogens (tertiary/aromatic N) is 4. The Bertz CT molecular complexity index is 1050. The van der Waals surface area contributed by atoms with Crippen molar-refractivity contribution in [3.63, 3.8) is 0 Å². The Morgan fingerprint density at radius 2 is 2.00 bits per heavy atom. The van der Waals surface area contributed by atoms with Crippen LogP contribution in [0.2, 0.25) is 0 Å². The molecule has 0 N–H and O–H groups in total. The summed E-state index contributed by atoms with van der Waals surface area (Å²) in [6.45, 7) is 0.0971. The number of rotatable bonds is 4. The van der Waals surface area contributed by atoms with E-state index in [1.165, 1.54) is 0 Å². The maximum Gasteiger partial charge on any atom is 0.246 e. The van der Waals surface area contributed by atoms with Gasteiger partial charge in [-0.2, -0.15) is 9.29 Å². The van der Waals surface area contributed by atoms with Crippen LogP contribution >= 0.6 is 0 Å². The lowest BCUT2D eigenvalue weighted by Gasteiger charge is -2.35. The molecule has 10 heteroatoms. The lowest BCUT2D eigenvalue weighted by atomic mass is 10.0. The fourth-order valence-electron chi connectivity index (χ4n) is 2.62. The predicted molar refractivity (Wildman–Crippen MR) is 85.4 cm³/mol. The van der Waals surface area contributed by atoms with Gasteiger partial charge in [0.15, 0.2) is 0 Å². The molecule has 1 aliphatic rings. The zero-order chi connectivity index (χ0) is 18.3. The SMILES string of the molecule is O=S(=O)(c1cc(F)ccc1F)N1CC(c2nc(-c3cccnc3)no2)C1. The third kappa shape index (κ3) is 2.86. The Hall–Kier alpha value is -2.72. The molecule has 7 nitrogen and oxygen atoms in total. The minimum Gasteiger partial charge on any atom is -0.339 e.